The zero-order valence-electron chi connectivity index (χ0n) is 12.7. The van der Waals surface area contributed by atoms with Crippen LogP contribution in [0.3, 0.4) is 0 Å². The second kappa shape index (κ2) is 11.0. The normalized spacial score (nSPS) is 16.6. The third-order valence-corrected chi connectivity index (χ3v) is 4.51. The average Bonchev–Trinajstić information content (AvgIpc) is 2.42. The lowest BCUT2D eigenvalue weighted by Gasteiger charge is -2.14. The predicted octanol–water partition coefficient (Wildman–Crippen LogP) is 1.01. The van der Waals surface area contributed by atoms with Gasteiger partial charge in [-0.05, 0) is 30.9 Å². The van der Waals surface area contributed by atoms with E-state index in [1.54, 1.807) is 6.92 Å². The monoisotopic (exact) mass is 342 g/mol. The molecule has 0 saturated heterocycles. The number of rotatable bonds is 10. The fourth-order valence-electron chi connectivity index (χ4n) is 1.27. The minimum Gasteiger partial charge on any atom is -0.614 e. The minimum absolute atomic E-state index is 0.119. The zero-order chi connectivity index (χ0) is 16.4. The second-order valence-corrected chi connectivity index (χ2v) is 7.43. The zero-order valence-corrected chi connectivity index (χ0v) is 14.3. The van der Waals surface area contributed by atoms with Crippen molar-refractivity contribution in [1.29, 1.82) is 0 Å². The van der Waals surface area contributed by atoms with Gasteiger partial charge in [0.05, 0.1) is 13.4 Å². The molecule has 0 aromatic carbocycles. The summed E-state index contributed by atoms with van der Waals surface area (Å²) in [6.07, 6.45) is 2.63. The molecule has 0 heterocycles. The highest BCUT2D eigenvalue weighted by Gasteiger charge is 2.18. The summed E-state index contributed by atoms with van der Waals surface area (Å²) in [5, 5.41) is 0. The molecule has 0 saturated carbocycles. The van der Waals surface area contributed by atoms with Crippen LogP contribution in [0.5, 0.6) is 0 Å². The molecule has 0 amide bonds. The van der Waals surface area contributed by atoms with Crippen molar-refractivity contribution in [3.05, 3.63) is 0 Å². The Morgan fingerprint density at radius 3 is 2.05 bits per heavy atom. The van der Waals surface area contributed by atoms with Gasteiger partial charge in [-0.25, -0.2) is 4.21 Å². The summed E-state index contributed by atoms with van der Waals surface area (Å²) in [6, 6.07) is 0. The Labute approximate surface area is 130 Å². The molecule has 7 nitrogen and oxygen atoms in total. The Kier molecular flexibility index (Phi) is 10.7. The van der Waals surface area contributed by atoms with Crippen molar-refractivity contribution < 1.29 is 32.0 Å². The van der Waals surface area contributed by atoms with Crippen molar-refractivity contribution >= 4 is 34.2 Å². The first-order chi connectivity index (χ1) is 9.77. The molecule has 4 atom stereocenters. The minimum atomic E-state index is -1.66. The van der Waals surface area contributed by atoms with Crippen LogP contribution in [0.25, 0.3) is 0 Å². The van der Waals surface area contributed by atoms with Crippen molar-refractivity contribution in [1.82, 2.24) is 0 Å². The Bertz CT molecular complexity index is 360. The third kappa shape index (κ3) is 9.83. The van der Waals surface area contributed by atoms with Gasteiger partial charge in [0.1, 0.15) is 0 Å². The molecule has 0 aliphatic carbocycles. The number of carbonyl (C=O) groups is 2. The second-order valence-electron chi connectivity index (χ2n) is 4.25. The number of hydrogen-bond donors (Lipinski definition) is 0. The Hall–Kier alpha value is -0.640. The molecule has 0 aliphatic rings. The van der Waals surface area contributed by atoms with Crippen molar-refractivity contribution in [2.24, 2.45) is 0 Å². The number of carbonyl (C=O) groups excluding carboxylic acids is 2. The highest BCUT2D eigenvalue weighted by Crippen LogP contribution is 2.08. The first-order valence-electron chi connectivity index (χ1n) is 6.44. The Morgan fingerprint density at radius 1 is 1.14 bits per heavy atom. The van der Waals surface area contributed by atoms with Gasteiger partial charge >= 0.3 is 11.9 Å². The van der Waals surface area contributed by atoms with Crippen LogP contribution in [0, 0.1) is 0 Å². The van der Waals surface area contributed by atoms with Gasteiger partial charge in [-0.3, -0.25) is 13.8 Å². The van der Waals surface area contributed by atoms with Crippen LogP contribution in [0.1, 0.15) is 39.5 Å². The van der Waals surface area contributed by atoms with E-state index >= 15 is 0 Å². The standard InChI is InChI=1S/C12H22O7S2/c1-9(20(4)15)18-11(13)7-5-6-8-12(14)19-10(2)21(16)17-3/h9-10H,5-8H2,1-4H3. The lowest BCUT2D eigenvalue weighted by Crippen LogP contribution is -2.23. The van der Waals surface area contributed by atoms with Crippen LogP contribution in [0.15, 0.2) is 0 Å². The first kappa shape index (κ1) is 20.4. The molecule has 0 spiro atoms. The largest absolute Gasteiger partial charge is 0.614 e. The molecule has 9 heteroatoms. The molecular weight excluding hydrogens is 320 g/mol. The molecule has 0 aromatic rings. The highest BCUT2D eigenvalue weighted by molar-refractivity contribution is 7.91. The molecule has 0 bridgehead atoms. The maximum atomic E-state index is 11.4. The fourth-order valence-corrected chi connectivity index (χ4v) is 1.97. The van der Waals surface area contributed by atoms with Crippen molar-refractivity contribution in [2.45, 2.75) is 50.4 Å². The predicted molar refractivity (Wildman–Crippen MR) is 78.8 cm³/mol. The summed E-state index contributed by atoms with van der Waals surface area (Å²) >= 11 is -2.88. The summed E-state index contributed by atoms with van der Waals surface area (Å²) in [7, 11) is 1.26. The van der Waals surface area contributed by atoms with Crippen LogP contribution in [0.4, 0.5) is 0 Å². The van der Waals surface area contributed by atoms with Crippen molar-refractivity contribution in [3.8, 4) is 0 Å². The molecule has 0 rings (SSSR count). The maximum absolute atomic E-state index is 11.4. The van der Waals surface area contributed by atoms with E-state index in [1.165, 1.54) is 20.3 Å². The van der Waals surface area contributed by atoms with Gasteiger partial charge in [-0.1, -0.05) is 0 Å². The first-order valence-corrected chi connectivity index (χ1v) is 9.20. The van der Waals surface area contributed by atoms with E-state index < -0.39 is 45.1 Å². The molecule has 0 radical (unpaired) electrons. The summed E-state index contributed by atoms with van der Waals surface area (Å²) in [6.45, 7) is 3.03. The van der Waals surface area contributed by atoms with Gasteiger partial charge in [0.15, 0.2) is 16.5 Å². The van der Waals surface area contributed by atoms with Gasteiger partial charge in [0, 0.05) is 19.8 Å². The van der Waals surface area contributed by atoms with Crippen molar-refractivity contribution in [3.63, 3.8) is 0 Å². The fraction of sp³-hybridized carbons (Fsp3) is 0.833. The van der Waals surface area contributed by atoms with E-state index in [4.69, 9.17) is 9.47 Å². The quantitative estimate of drug-likeness (QED) is 0.332. The summed E-state index contributed by atoms with van der Waals surface area (Å²) < 4.78 is 36.5. The third-order valence-electron chi connectivity index (χ3n) is 2.51. The summed E-state index contributed by atoms with van der Waals surface area (Å²) in [5.74, 6) is -0.941. The van der Waals surface area contributed by atoms with Crippen LogP contribution in [0.2, 0.25) is 0 Å². The lowest BCUT2D eigenvalue weighted by atomic mass is 10.2. The molecule has 0 fully saturated rings. The van der Waals surface area contributed by atoms with E-state index in [0.717, 1.165) is 0 Å². The van der Waals surface area contributed by atoms with Crippen LogP contribution in [-0.2, 0) is 45.5 Å². The van der Waals surface area contributed by atoms with E-state index in [9.17, 15) is 18.4 Å². The maximum Gasteiger partial charge on any atom is 0.309 e. The van der Waals surface area contributed by atoms with E-state index in [-0.39, 0.29) is 12.8 Å². The molecular formula is C12H22O7S2. The summed E-state index contributed by atoms with van der Waals surface area (Å²) in [5.41, 5.74) is -1.46. The number of ether oxygens (including phenoxy) is 2. The van der Waals surface area contributed by atoms with Gasteiger partial charge in [0.25, 0.3) is 5.44 Å². The van der Waals surface area contributed by atoms with Gasteiger partial charge in [0.2, 0.25) is 0 Å². The van der Waals surface area contributed by atoms with Crippen molar-refractivity contribution in [2.75, 3.05) is 13.4 Å². The molecule has 0 N–H and O–H groups in total. The SMILES string of the molecule is COS(=O)C(C)OC(=O)CCCCC(=O)OC(C)[S+](C)[O-]. The highest BCUT2D eigenvalue weighted by atomic mass is 32.2. The van der Waals surface area contributed by atoms with Crippen LogP contribution < -0.4 is 0 Å². The van der Waals surface area contributed by atoms with Crippen LogP contribution >= 0.6 is 0 Å². The van der Waals surface area contributed by atoms with E-state index in [2.05, 4.69) is 4.18 Å². The van der Waals surface area contributed by atoms with Gasteiger partial charge < -0.3 is 14.0 Å². The average molecular weight is 342 g/mol. The summed E-state index contributed by atoms with van der Waals surface area (Å²) in [4.78, 5) is 22.8. The Balaban J connectivity index is 3.78. The van der Waals surface area contributed by atoms with E-state index in [0.29, 0.717) is 12.8 Å². The van der Waals surface area contributed by atoms with E-state index in [1.807, 2.05) is 0 Å². The Morgan fingerprint density at radius 2 is 1.62 bits per heavy atom. The molecule has 4 unspecified atom stereocenters. The smallest absolute Gasteiger partial charge is 0.309 e. The number of unbranched alkanes of at least 4 members (excludes halogenated alkanes) is 1. The number of esters is 2. The van der Waals surface area contributed by atoms with Gasteiger partial charge in [-0.2, -0.15) is 0 Å². The van der Waals surface area contributed by atoms with Gasteiger partial charge in [-0.15, -0.1) is 0 Å². The molecule has 0 aromatic heterocycles. The van der Waals surface area contributed by atoms with Crippen LogP contribution in [-0.4, -0.2) is 44.9 Å². The number of hydrogen-bond acceptors (Lipinski definition) is 7. The molecule has 0 aliphatic heterocycles. The topological polar surface area (TPSA) is 102 Å². The molecule has 124 valence electrons. The molecule has 21 heavy (non-hydrogen) atoms. The lowest BCUT2D eigenvalue weighted by molar-refractivity contribution is -0.147.